The molecule has 16 heavy (non-hydrogen) atoms. The molecule has 0 aliphatic carbocycles. The van der Waals surface area contributed by atoms with Crippen LogP contribution >= 0.6 is 0 Å². The van der Waals surface area contributed by atoms with Crippen LogP contribution < -0.4 is 11.1 Å². The van der Waals surface area contributed by atoms with Crippen LogP contribution in [0.15, 0.2) is 0 Å². The minimum atomic E-state index is -0.793. The van der Waals surface area contributed by atoms with Crippen molar-refractivity contribution in [2.45, 2.75) is 27.7 Å². The molecule has 0 saturated carbocycles. The Bertz CT molecular complexity index is 229. The van der Waals surface area contributed by atoms with E-state index in [0.717, 1.165) is 13.1 Å². The van der Waals surface area contributed by atoms with Crippen molar-refractivity contribution in [2.24, 2.45) is 17.6 Å². The molecule has 0 heterocycles. The Balaban J connectivity index is 4.18. The number of imide groups is 1. The molecule has 0 fully saturated rings. The fraction of sp³-hybridized carbons (Fsp3) is 0.818. The van der Waals surface area contributed by atoms with Crippen LogP contribution in [0.5, 0.6) is 0 Å². The van der Waals surface area contributed by atoms with E-state index in [2.05, 4.69) is 33.0 Å². The third kappa shape index (κ3) is 8.23. The van der Waals surface area contributed by atoms with Crippen molar-refractivity contribution in [2.75, 3.05) is 19.6 Å². The van der Waals surface area contributed by atoms with Crippen LogP contribution in [0.2, 0.25) is 0 Å². The molecular formula is C11H23N3O2. The predicted molar refractivity (Wildman–Crippen MR) is 63.8 cm³/mol. The van der Waals surface area contributed by atoms with Gasteiger partial charge in [-0.25, -0.2) is 4.79 Å². The Labute approximate surface area is 97.4 Å². The molecule has 0 bridgehead atoms. The Morgan fingerprint density at radius 2 is 1.56 bits per heavy atom. The van der Waals surface area contributed by atoms with E-state index in [4.69, 9.17) is 5.73 Å². The van der Waals surface area contributed by atoms with Crippen LogP contribution in [-0.4, -0.2) is 36.5 Å². The topological polar surface area (TPSA) is 75.4 Å². The lowest BCUT2D eigenvalue weighted by atomic mass is 10.1. The zero-order chi connectivity index (χ0) is 12.7. The van der Waals surface area contributed by atoms with Gasteiger partial charge in [-0.2, -0.15) is 0 Å². The maximum Gasteiger partial charge on any atom is 0.318 e. The van der Waals surface area contributed by atoms with Gasteiger partial charge in [0, 0.05) is 13.1 Å². The second kappa shape index (κ2) is 7.22. The second-order valence-corrected chi connectivity index (χ2v) is 4.89. The number of carbonyl (C=O) groups excluding carboxylic acids is 2. The molecule has 3 N–H and O–H groups in total. The maximum absolute atomic E-state index is 11.4. The van der Waals surface area contributed by atoms with Crippen molar-refractivity contribution in [1.29, 1.82) is 0 Å². The highest BCUT2D eigenvalue weighted by molar-refractivity contribution is 5.94. The van der Waals surface area contributed by atoms with Gasteiger partial charge in [0.15, 0.2) is 0 Å². The lowest BCUT2D eigenvalue weighted by Crippen LogP contribution is -2.44. The highest BCUT2D eigenvalue weighted by Crippen LogP contribution is 2.03. The molecule has 0 saturated heterocycles. The van der Waals surface area contributed by atoms with Crippen molar-refractivity contribution in [3.63, 3.8) is 0 Å². The highest BCUT2D eigenvalue weighted by Gasteiger charge is 2.14. The molecule has 0 spiro atoms. The molecule has 0 rings (SSSR count). The number of amides is 3. The van der Waals surface area contributed by atoms with E-state index in [-0.39, 0.29) is 12.5 Å². The zero-order valence-electron chi connectivity index (χ0n) is 10.6. The Hall–Kier alpha value is -1.10. The van der Waals surface area contributed by atoms with Crippen molar-refractivity contribution in [3.8, 4) is 0 Å². The van der Waals surface area contributed by atoms with Crippen molar-refractivity contribution in [1.82, 2.24) is 10.2 Å². The fourth-order valence-electron chi connectivity index (χ4n) is 1.62. The fourth-order valence-corrected chi connectivity index (χ4v) is 1.62. The average molecular weight is 229 g/mol. The normalized spacial score (nSPS) is 11.2. The minimum absolute atomic E-state index is 0.222. The van der Waals surface area contributed by atoms with Gasteiger partial charge < -0.3 is 5.73 Å². The van der Waals surface area contributed by atoms with Gasteiger partial charge in [0.05, 0.1) is 6.54 Å². The van der Waals surface area contributed by atoms with Crippen LogP contribution in [0.25, 0.3) is 0 Å². The standard InChI is InChI=1S/C11H23N3O2/c1-8(2)5-14(6-9(3)4)7-10(15)13-11(12)16/h8-9H,5-7H2,1-4H3,(H3,12,13,15,16). The number of hydrogen-bond acceptors (Lipinski definition) is 3. The molecule has 5 heteroatoms. The van der Waals surface area contributed by atoms with Crippen molar-refractivity contribution >= 4 is 11.9 Å². The van der Waals surface area contributed by atoms with Crippen LogP contribution in [0.1, 0.15) is 27.7 Å². The molecule has 0 aromatic carbocycles. The van der Waals surface area contributed by atoms with Crippen molar-refractivity contribution < 1.29 is 9.59 Å². The molecule has 5 nitrogen and oxygen atoms in total. The molecule has 0 aromatic rings. The van der Waals surface area contributed by atoms with Gasteiger partial charge in [0.1, 0.15) is 0 Å². The summed E-state index contributed by atoms with van der Waals surface area (Å²) in [5.74, 6) is 0.633. The van der Waals surface area contributed by atoms with Crippen LogP contribution in [0, 0.1) is 11.8 Å². The molecule has 0 aromatic heterocycles. The van der Waals surface area contributed by atoms with E-state index in [1.165, 1.54) is 0 Å². The maximum atomic E-state index is 11.4. The van der Waals surface area contributed by atoms with Gasteiger partial charge in [-0.1, -0.05) is 27.7 Å². The SMILES string of the molecule is CC(C)CN(CC(=O)NC(N)=O)CC(C)C. The number of primary amides is 1. The summed E-state index contributed by atoms with van der Waals surface area (Å²) in [5, 5.41) is 2.08. The second-order valence-electron chi connectivity index (χ2n) is 4.89. The molecular weight excluding hydrogens is 206 g/mol. The van der Waals surface area contributed by atoms with E-state index in [1.54, 1.807) is 0 Å². The van der Waals surface area contributed by atoms with Crippen molar-refractivity contribution in [3.05, 3.63) is 0 Å². The van der Waals surface area contributed by atoms with Gasteiger partial charge in [0.2, 0.25) is 5.91 Å². The van der Waals surface area contributed by atoms with Gasteiger partial charge in [-0.3, -0.25) is 15.0 Å². The van der Waals surface area contributed by atoms with Gasteiger partial charge in [-0.15, -0.1) is 0 Å². The predicted octanol–water partition coefficient (Wildman–Crippen LogP) is 0.795. The summed E-state index contributed by atoms with van der Waals surface area (Å²) in [5.41, 5.74) is 4.88. The summed E-state index contributed by atoms with van der Waals surface area (Å²) in [4.78, 5) is 23.9. The Morgan fingerprint density at radius 1 is 1.12 bits per heavy atom. The number of carbonyl (C=O) groups is 2. The first-order chi connectivity index (χ1) is 7.31. The zero-order valence-corrected chi connectivity index (χ0v) is 10.6. The third-order valence-corrected chi connectivity index (χ3v) is 1.88. The van der Waals surface area contributed by atoms with E-state index in [9.17, 15) is 9.59 Å². The summed E-state index contributed by atoms with van der Waals surface area (Å²) in [6.07, 6.45) is 0. The lowest BCUT2D eigenvalue weighted by Gasteiger charge is -2.25. The van der Waals surface area contributed by atoms with Gasteiger partial charge >= 0.3 is 6.03 Å². The number of nitrogens with zero attached hydrogens (tertiary/aromatic N) is 1. The molecule has 0 radical (unpaired) electrons. The third-order valence-electron chi connectivity index (χ3n) is 1.88. The minimum Gasteiger partial charge on any atom is -0.351 e. The number of nitrogens with two attached hydrogens (primary N) is 1. The van der Waals surface area contributed by atoms with Crippen LogP contribution in [-0.2, 0) is 4.79 Å². The lowest BCUT2D eigenvalue weighted by molar-refractivity contribution is -0.121. The number of urea groups is 1. The number of hydrogen-bond donors (Lipinski definition) is 2. The van der Waals surface area contributed by atoms with E-state index < -0.39 is 6.03 Å². The van der Waals surface area contributed by atoms with Crippen LogP contribution in [0.4, 0.5) is 4.79 Å². The first-order valence-corrected chi connectivity index (χ1v) is 5.63. The molecule has 0 aliphatic rings. The van der Waals surface area contributed by atoms with E-state index in [0.29, 0.717) is 11.8 Å². The highest BCUT2D eigenvalue weighted by atomic mass is 16.2. The van der Waals surface area contributed by atoms with Gasteiger partial charge in [-0.05, 0) is 11.8 Å². The first-order valence-electron chi connectivity index (χ1n) is 5.63. The van der Waals surface area contributed by atoms with Crippen LogP contribution in [0.3, 0.4) is 0 Å². The Morgan fingerprint density at radius 3 is 1.88 bits per heavy atom. The van der Waals surface area contributed by atoms with E-state index >= 15 is 0 Å². The monoisotopic (exact) mass is 229 g/mol. The number of rotatable bonds is 6. The van der Waals surface area contributed by atoms with E-state index in [1.807, 2.05) is 4.90 Å². The Kier molecular flexibility index (Phi) is 6.72. The smallest absolute Gasteiger partial charge is 0.318 e. The average Bonchev–Trinajstić information content (AvgIpc) is 1.97. The first kappa shape index (κ1) is 14.9. The molecule has 0 atom stereocenters. The quantitative estimate of drug-likeness (QED) is 0.707. The summed E-state index contributed by atoms with van der Waals surface area (Å²) >= 11 is 0. The summed E-state index contributed by atoms with van der Waals surface area (Å²) < 4.78 is 0. The summed E-state index contributed by atoms with van der Waals surface area (Å²) in [7, 11) is 0. The largest absolute Gasteiger partial charge is 0.351 e. The molecule has 0 unspecified atom stereocenters. The summed E-state index contributed by atoms with van der Waals surface area (Å²) in [6.45, 7) is 10.3. The summed E-state index contributed by atoms with van der Waals surface area (Å²) in [6, 6.07) is -0.793. The molecule has 94 valence electrons. The van der Waals surface area contributed by atoms with Gasteiger partial charge in [0.25, 0.3) is 0 Å². The molecule has 0 aliphatic heterocycles. The molecule has 3 amide bonds. The number of nitrogens with one attached hydrogen (secondary N) is 1.